The van der Waals surface area contributed by atoms with Gasteiger partial charge < -0.3 is 10.4 Å². The van der Waals surface area contributed by atoms with Gasteiger partial charge in [-0.25, -0.2) is 0 Å². The Kier molecular flexibility index (Phi) is 5.65. The van der Waals surface area contributed by atoms with E-state index in [9.17, 15) is 0 Å². The molecule has 0 fully saturated rings. The van der Waals surface area contributed by atoms with E-state index >= 15 is 0 Å². The average molecular weight is 273 g/mol. The van der Waals surface area contributed by atoms with Crippen LogP contribution in [0.5, 0.6) is 0 Å². The molecule has 1 rings (SSSR count). The van der Waals surface area contributed by atoms with Crippen LogP contribution < -0.4 is 5.32 Å². The molecular weight excluding hydrogens is 256 g/mol. The van der Waals surface area contributed by atoms with Gasteiger partial charge in [0.2, 0.25) is 0 Å². The van der Waals surface area contributed by atoms with E-state index in [1.807, 2.05) is 6.07 Å². The summed E-state index contributed by atoms with van der Waals surface area (Å²) >= 11 is 3.43. The predicted molar refractivity (Wildman–Crippen MR) is 65.9 cm³/mol. The molecular formula is C11H17BrN2O. The molecule has 3 nitrogen and oxygen atoms in total. The van der Waals surface area contributed by atoms with Crippen LogP contribution in [0.2, 0.25) is 0 Å². The Morgan fingerprint density at radius 1 is 1.60 bits per heavy atom. The third-order valence-corrected chi connectivity index (χ3v) is 3.10. The van der Waals surface area contributed by atoms with Crippen LogP contribution in [0, 0.1) is 5.92 Å². The van der Waals surface area contributed by atoms with Crippen molar-refractivity contribution in [3.05, 3.63) is 22.9 Å². The Labute approximate surface area is 99.1 Å². The molecule has 84 valence electrons. The summed E-state index contributed by atoms with van der Waals surface area (Å²) in [7, 11) is 0. The van der Waals surface area contributed by atoms with E-state index in [0.717, 1.165) is 29.5 Å². The molecule has 1 atom stereocenters. The average Bonchev–Trinajstić information content (AvgIpc) is 2.26. The second kappa shape index (κ2) is 6.80. The van der Waals surface area contributed by atoms with Gasteiger partial charge in [0.1, 0.15) is 0 Å². The van der Waals surface area contributed by atoms with Crippen molar-refractivity contribution in [3.8, 4) is 0 Å². The van der Waals surface area contributed by atoms with E-state index < -0.39 is 0 Å². The Balaban J connectivity index is 2.45. The number of pyridine rings is 1. The van der Waals surface area contributed by atoms with Gasteiger partial charge in [-0.15, -0.1) is 0 Å². The fourth-order valence-electron chi connectivity index (χ4n) is 1.41. The molecule has 2 N–H and O–H groups in total. The minimum atomic E-state index is 0.262. The molecule has 1 aromatic rings. The molecule has 0 aliphatic carbocycles. The zero-order valence-corrected chi connectivity index (χ0v) is 10.5. The standard InChI is InChI=1S/C11H17BrN2O/c1-2-9(4-6-15)7-14-11-3-5-13-8-10(11)12/h3,5,8-9,15H,2,4,6-7H2,1H3,(H,13,14). The smallest absolute Gasteiger partial charge is 0.0590 e. The number of aliphatic hydroxyl groups is 1. The highest BCUT2D eigenvalue weighted by Crippen LogP contribution is 2.20. The van der Waals surface area contributed by atoms with Crippen molar-refractivity contribution in [2.75, 3.05) is 18.5 Å². The number of nitrogens with one attached hydrogen (secondary N) is 1. The third-order valence-electron chi connectivity index (χ3n) is 2.47. The molecule has 0 aromatic carbocycles. The third kappa shape index (κ3) is 4.18. The summed E-state index contributed by atoms with van der Waals surface area (Å²) in [5.41, 5.74) is 1.06. The number of rotatable bonds is 6. The summed E-state index contributed by atoms with van der Waals surface area (Å²) in [4.78, 5) is 4.00. The molecule has 1 heterocycles. The summed E-state index contributed by atoms with van der Waals surface area (Å²) in [5.74, 6) is 0.523. The minimum absolute atomic E-state index is 0.262. The van der Waals surface area contributed by atoms with Crippen LogP contribution in [0.3, 0.4) is 0 Å². The number of anilines is 1. The minimum Gasteiger partial charge on any atom is -0.396 e. The Hall–Kier alpha value is -0.610. The molecule has 0 saturated carbocycles. The number of hydrogen-bond donors (Lipinski definition) is 2. The number of nitrogens with zero attached hydrogens (tertiary/aromatic N) is 1. The molecule has 15 heavy (non-hydrogen) atoms. The van der Waals surface area contributed by atoms with Crippen LogP contribution in [0.15, 0.2) is 22.9 Å². The SMILES string of the molecule is CCC(CCO)CNc1ccncc1Br. The molecule has 0 spiro atoms. The van der Waals surface area contributed by atoms with Crippen LogP contribution in [-0.4, -0.2) is 23.2 Å². The fourth-order valence-corrected chi connectivity index (χ4v) is 1.80. The largest absolute Gasteiger partial charge is 0.396 e. The van der Waals surface area contributed by atoms with E-state index in [2.05, 4.69) is 33.2 Å². The van der Waals surface area contributed by atoms with Crippen LogP contribution in [0.4, 0.5) is 5.69 Å². The molecule has 0 aliphatic heterocycles. The second-order valence-electron chi connectivity index (χ2n) is 3.52. The predicted octanol–water partition coefficient (Wildman–Crippen LogP) is 2.66. The van der Waals surface area contributed by atoms with Crippen LogP contribution in [-0.2, 0) is 0 Å². The first kappa shape index (κ1) is 12.5. The first-order valence-corrected chi connectivity index (χ1v) is 6.01. The van der Waals surface area contributed by atoms with E-state index in [0.29, 0.717) is 5.92 Å². The quantitative estimate of drug-likeness (QED) is 0.837. The lowest BCUT2D eigenvalue weighted by Gasteiger charge is -2.15. The summed E-state index contributed by atoms with van der Waals surface area (Å²) in [6, 6.07) is 1.94. The van der Waals surface area contributed by atoms with Crippen molar-refractivity contribution in [1.82, 2.24) is 4.98 Å². The summed E-state index contributed by atoms with van der Waals surface area (Å²) in [6.45, 7) is 3.29. The van der Waals surface area contributed by atoms with Crippen LogP contribution in [0.25, 0.3) is 0 Å². The zero-order chi connectivity index (χ0) is 11.1. The first-order valence-electron chi connectivity index (χ1n) is 5.22. The first-order chi connectivity index (χ1) is 7.27. The Bertz CT molecular complexity index is 294. The topological polar surface area (TPSA) is 45.1 Å². The van der Waals surface area contributed by atoms with Crippen LogP contribution >= 0.6 is 15.9 Å². The van der Waals surface area contributed by atoms with Gasteiger partial charge in [-0.05, 0) is 34.3 Å². The van der Waals surface area contributed by atoms with E-state index in [1.54, 1.807) is 12.4 Å². The van der Waals surface area contributed by atoms with Gasteiger partial charge >= 0.3 is 0 Å². The fraction of sp³-hybridized carbons (Fsp3) is 0.545. The van der Waals surface area contributed by atoms with E-state index in [4.69, 9.17) is 5.11 Å². The van der Waals surface area contributed by atoms with Gasteiger partial charge in [-0.3, -0.25) is 4.98 Å². The molecule has 0 saturated heterocycles. The molecule has 0 radical (unpaired) electrons. The maximum absolute atomic E-state index is 8.87. The van der Waals surface area contributed by atoms with Crippen molar-refractivity contribution in [2.24, 2.45) is 5.92 Å². The van der Waals surface area contributed by atoms with Gasteiger partial charge in [-0.2, -0.15) is 0 Å². The van der Waals surface area contributed by atoms with Gasteiger partial charge in [0.15, 0.2) is 0 Å². The van der Waals surface area contributed by atoms with Crippen molar-refractivity contribution >= 4 is 21.6 Å². The van der Waals surface area contributed by atoms with Crippen molar-refractivity contribution in [3.63, 3.8) is 0 Å². The maximum atomic E-state index is 8.87. The van der Waals surface area contributed by atoms with Gasteiger partial charge in [0.05, 0.1) is 10.2 Å². The Morgan fingerprint density at radius 2 is 2.40 bits per heavy atom. The normalized spacial score (nSPS) is 12.5. The summed E-state index contributed by atoms with van der Waals surface area (Å²) < 4.78 is 0.976. The van der Waals surface area contributed by atoms with E-state index in [1.165, 1.54) is 0 Å². The highest BCUT2D eigenvalue weighted by Gasteiger charge is 2.06. The van der Waals surface area contributed by atoms with Gasteiger partial charge in [0.25, 0.3) is 0 Å². The lowest BCUT2D eigenvalue weighted by molar-refractivity contribution is 0.258. The number of aromatic nitrogens is 1. The molecule has 4 heteroatoms. The molecule has 0 aliphatic rings. The lowest BCUT2D eigenvalue weighted by atomic mass is 10.0. The second-order valence-corrected chi connectivity index (χ2v) is 4.38. The molecule has 1 aromatic heterocycles. The van der Waals surface area contributed by atoms with Gasteiger partial charge in [0, 0.05) is 25.5 Å². The number of halogens is 1. The lowest BCUT2D eigenvalue weighted by Crippen LogP contribution is -2.15. The van der Waals surface area contributed by atoms with Crippen molar-refractivity contribution < 1.29 is 5.11 Å². The maximum Gasteiger partial charge on any atom is 0.0590 e. The summed E-state index contributed by atoms with van der Waals surface area (Å²) in [6.07, 6.45) is 5.47. The van der Waals surface area contributed by atoms with Gasteiger partial charge in [-0.1, -0.05) is 13.3 Å². The van der Waals surface area contributed by atoms with E-state index in [-0.39, 0.29) is 6.61 Å². The number of aliphatic hydroxyl groups excluding tert-OH is 1. The molecule has 0 bridgehead atoms. The number of hydrogen-bond acceptors (Lipinski definition) is 3. The van der Waals surface area contributed by atoms with Crippen LogP contribution in [0.1, 0.15) is 19.8 Å². The molecule has 0 amide bonds. The van der Waals surface area contributed by atoms with Crippen molar-refractivity contribution in [1.29, 1.82) is 0 Å². The highest BCUT2D eigenvalue weighted by molar-refractivity contribution is 9.10. The molecule has 1 unspecified atom stereocenters. The Morgan fingerprint density at radius 3 is 3.00 bits per heavy atom. The zero-order valence-electron chi connectivity index (χ0n) is 8.91. The summed E-state index contributed by atoms with van der Waals surface area (Å²) in [5, 5.41) is 12.2. The highest BCUT2D eigenvalue weighted by atomic mass is 79.9. The monoisotopic (exact) mass is 272 g/mol. The van der Waals surface area contributed by atoms with Crippen molar-refractivity contribution in [2.45, 2.75) is 19.8 Å².